The molecule has 1 aromatic heterocycles. The van der Waals surface area contributed by atoms with Gasteiger partial charge in [0.05, 0.1) is 13.2 Å². The number of aliphatic hydroxyl groups excluding tert-OH is 1. The van der Waals surface area contributed by atoms with Crippen molar-refractivity contribution in [2.45, 2.75) is 31.8 Å². The maximum Gasteiger partial charge on any atom is 0.242 e. The van der Waals surface area contributed by atoms with Crippen molar-refractivity contribution in [1.82, 2.24) is 14.4 Å². The van der Waals surface area contributed by atoms with E-state index in [1.807, 2.05) is 23.2 Å². The van der Waals surface area contributed by atoms with Crippen LogP contribution < -0.4 is 0 Å². The third kappa shape index (κ3) is 4.24. The Kier molecular flexibility index (Phi) is 6.29. The fourth-order valence-electron chi connectivity index (χ4n) is 4.80. The number of benzene rings is 1. The van der Waals surface area contributed by atoms with E-state index < -0.39 is 0 Å². The largest absolute Gasteiger partial charge is 0.396 e. The monoisotopic (exact) mass is 385 g/mol. The summed E-state index contributed by atoms with van der Waals surface area (Å²) >= 11 is 0. The zero-order valence-electron chi connectivity index (χ0n) is 16.5. The molecular formula is C22H31N3O3. The van der Waals surface area contributed by atoms with Crippen molar-refractivity contribution in [2.75, 3.05) is 46.0 Å². The molecule has 152 valence electrons. The minimum absolute atomic E-state index is 0.191. The number of nitrogens with zero attached hydrogens (tertiary/aromatic N) is 3. The zero-order valence-corrected chi connectivity index (χ0v) is 16.5. The van der Waals surface area contributed by atoms with Crippen LogP contribution in [0.5, 0.6) is 0 Å². The second-order valence-corrected chi connectivity index (χ2v) is 7.97. The number of aliphatic hydroxyl groups is 1. The highest BCUT2D eigenvalue weighted by Gasteiger charge is 2.35. The highest BCUT2D eigenvalue weighted by Crippen LogP contribution is 2.27. The highest BCUT2D eigenvalue weighted by molar-refractivity contribution is 5.83. The Morgan fingerprint density at radius 1 is 1.14 bits per heavy atom. The molecule has 6 heteroatoms. The fraction of sp³-hybridized carbons (Fsp3) is 0.591. The molecule has 0 spiro atoms. The first-order valence-electron chi connectivity index (χ1n) is 10.5. The first-order chi connectivity index (χ1) is 13.8. The highest BCUT2D eigenvalue weighted by atomic mass is 16.5. The summed E-state index contributed by atoms with van der Waals surface area (Å²) in [6.07, 6.45) is 4.78. The molecule has 2 fully saturated rings. The quantitative estimate of drug-likeness (QED) is 0.826. The van der Waals surface area contributed by atoms with Gasteiger partial charge in [-0.25, -0.2) is 0 Å². The van der Waals surface area contributed by atoms with E-state index in [1.165, 1.54) is 5.39 Å². The normalized spacial score (nSPS) is 24.0. The van der Waals surface area contributed by atoms with Crippen LogP contribution in [-0.4, -0.2) is 77.4 Å². The average molecular weight is 386 g/mol. The Hall–Kier alpha value is -1.89. The van der Waals surface area contributed by atoms with Gasteiger partial charge in [-0.2, -0.15) is 0 Å². The minimum atomic E-state index is 0.191. The maximum absolute atomic E-state index is 13.0. The van der Waals surface area contributed by atoms with Crippen molar-refractivity contribution in [3.8, 4) is 0 Å². The number of piperidine rings is 1. The molecule has 2 aromatic rings. The lowest BCUT2D eigenvalue weighted by Gasteiger charge is -2.45. The molecule has 1 N–H and O–H groups in total. The van der Waals surface area contributed by atoms with Crippen LogP contribution in [0.3, 0.4) is 0 Å². The molecule has 0 radical (unpaired) electrons. The second-order valence-electron chi connectivity index (χ2n) is 7.97. The van der Waals surface area contributed by atoms with Crippen LogP contribution in [-0.2, 0) is 16.1 Å². The number of rotatable bonds is 6. The van der Waals surface area contributed by atoms with Crippen LogP contribution in [0.1, 0.15) is 19.3 Å². The predicted molar refractivity (Wildman–Crippen MR) is 109 cm³/mol. The molecule has 1 amide bonds. The third-order valence-corrected chi connectivity index (χ3v) is 6.28. The number of para-hydroxylation sites is 1. The molecule has 2 atom stereocenters. The van der Waals surface area contributed by atoms with E-state index in [1.54, 1.807) is 0 Å². The number of fused-ring (bicyclic) bond motifs is 1. The number of ether oxygens (including phenoxy) is 1. The van der Waals surface area contributed by atoms with E-state index in [2.05, 4.69) is 27.7 Å². The molecule has 6 nitrogen and oxygen atoms in total. The molecule has 0 bridgehead atoms. The van der Waals surface area contributed by atoms with Gasteiger partial charge in [0.15, 0.2) is 0 Å². The Bertz CT molecular complexity index is 784. The summed E-state index contributed by atoms with van der Waals surface area (Å²) in [6, 6.07) is 10.7. The van der Waals surface area contributed by atoms with Gasteiger partial charge in [-0.05, 0) is 42.7 Å². The van der Waals surface area contributed by atoms with Gasteiger partial charge in [0.2, 0.25) is 5.91 Å². The SMILES string of the molecule is O=C(Cn1ccc2ccccc21)N1CC[C@H](N2CCOCC2)[C@H](CCCO)C1. The van der Waals surface area contributed by atoms with Crippen LogP contribution in [0.4, 0.5) is 0 Å². The number of hydrogen-bond acceptors (Lipinski definition) is 4. The Balaban J connectivity index is 1.42. The van der Waals surface area contributed by atoms with Gasteiger partial charge in [-0.1, -0.05) is 18.2 Å². The summed E-state index contributed by atoms with van der Waals surface area (Å²) in [7, 11) is 0. The van der Waals surface area contributed by atoms with E-state index in [4.69, 9.17) is 4.74 Å². The van der Waals surface area contributed by atoms with Crippen LogP contribution in [0.15, 0.2) is 36.5 Å². The van der Waals surface area contributed by atoms with Crippen molar-refractivity contribution in [1.29, 1.82) is 0 Å². The topological polar surface area (TPSA) is 57.9 Å². The molecule has 28 heavy (non-hydrogen) atoms. The average Bonchev–Trinajstić information content (AvgIpc) is 3.15. The van der Waals surface area contributed by atoms with Crippen molar-refractivity contribution >= 4 is 16.8 Å². The summed E-state index contributed by atoms with van der Waals surface area (Å²) in [5.74, 6) is 0.611. The summed E-state index contributed by atoms with van der Waals surface area (Å²) in [5.41, 5.74) is 1.11. The van der Waals surface area contributed by atoms with Gasteiger partial charge >= 0.3 is 0 Å². The minimum Gasteiger partial charge on any atom is -0.396 e. The molecule has 2 aliphatic rings. The summed E-state index contributed by atoms with van der Waals surface area (Å²) in [4.78, 5) is 17.6. The molecule has 0 saturated carbocycles. The van der Waals surface area contributed by atoms with Crippen molar-refractivity contribution in [3.05, 3.63) is 36.5 Å². The lowest BCUT2D eigenvalue weighted by atomic mass is 9.86. The standard InChI is InChI=1S/C22H31N3O3/c26-13-3-5-19-16-25(10-8-21(19)23-11-14-28-15-12-23)22(27)17-24-9-7-18-4-1-2-6-20(18)24/h1-2,4,6-7,9,19,21,26H,3,5,8,10-17H2/t19-,21+/m1/s1. The Labute approximate surface area is 166 Å². The molecule has 2 aliphatic heterocycles. The van der Waals surface area contributed by atoms with Gasteiger partial charge in [-0.3, -0.25) is 9.69 Å². The molecule has 3 heterocycles. The summed E-state index contributed by atoms with van der Waals surface area (Å²) in [5, 5.41) is 10.5. The Morgan fingerprint density at radius 2 is 1.96 bits per heavy atom. The van der Waals surface area contributed by atoms with Crippen LogP contribution in [0.25, 0.3) is 10.9 Å². The zero-order chi connectivity index (χ0) is 19.3. The molecular weight excluding hydrogens is 354 g/mol. The maximum atomic E-state index is 13.0. The second kappa shape index (κ2) is 9.07. The number of amides is 1. The van der Waals surface area contributed by atoms with Gasteiger partial charge in [0.1, 0.15) is 6.54 Å². The van der Waals surface area contributed by atoms with E-state index in [-0.39, 0.29) is 12.5 Å². The van der Waals surface area contributed by atoms with Crippen molar-refractivity contribution in [3.63, 3.8) is 0 Å². The predicted octanol–water partition coefficient (Wildman–Crippen LogP) is 1.96. The number of carbonyl (C=O) groups excluding carboxylic acids is 1. The third-order valence-electron chi connectivity index (χ3n) is 6.28. The van der Waals surface area contributed by atoms with Gasteiger partial charge < -0.3 is 19.3 Å². The summed E-state index contributed by atoms with van der Waals surface area (Å²) < 4.78 is 7.56. The van der Waals surface area contributed by atoms with E-state index in [9.17, 15) is 9.90 Å². The number of carbonyl (C=O) groups is 1. The first kappa shape index (κ1) is 19.4. The molecule has 1 aromatic carbocycles. The van der Waals surface area contributed by atoms with E-state index in [0.29, 0.717) is 18.5 Å². The number of hydrogen-bond donors (Lipinski definition) is 1. The van der Waals surface area contributed by atoms with E-state index in [0.717, 1.165) is 64.2 Å². The number of aromatic nitrogens is 1. The smallest absolute Gasteiger partial charge is 0.242 e. The molecule has 2 saturated heterocycles. The lowest BCUT2D eigenvalue weighted by Crippen LogP contribution is -2.55. The van der Waals surface area contributed by atoms with Gasteiger partial charge in [0, 0.05) is 50.5 Å². The van der Waals surface area contributed by atoms with Gasteiger partial charge in [-0.15, -0.1) is 0 Å². The fourth-order valence-corrected chi connectivity index (χ4v) is 4.80. The number of likely N-dealkylation sites (tertiary alicyclic amines) is 1. The van der Waals surface area contributed by atoms with Crippen LogP contribution in [0.2, 0.25) is 0 Å². The first-order valence-corrected chi connectivity index (χ1v) is 10.5. The van der Waals surface area contributed by atoms with Crippen molar-refractivity contribution in [2.24, 2.45) is 5.92 Å². The Morgan fingerprint density at radius 3 is 2.79 bits per heavy atom. The van der Waals surface area contributed by atoms with Gasteiger partial charge in [0.25, 0.3) is 0 Å². The van der Waals surface area contributed by atoms with E-state index >= 15 is 0 Å². The number of morpholine rings is 1. The lowest BCUT2D eigenvalue weighted by molar-refractivity contribution is -0.135. The molecule has 0 unspecified atom stereocenters. The molecule has 4 rings (SSSR count). The van der Waals surface area contributed by atoms with Crippen molar-refractivity contribution < 1.29 is 14.6 Å². The summed E-state index contributed by atoms with van der Waals surface area (Å²) in [6.45, 7) is 5.76. The van der Waals surface area contributed by atoms with Crippen LogP contribution in [0, 0.1) is 5.92 Å². The molecule has 0 aliphatic carbocycles. The van der Waals surface area contributed by atoms with Crippen LogP contribution >= 0.6 is 0 Å².